The molecular formula is C14H13BrN2O2. The number of benzene rings is 1. The molecule has 0 spiro atoms. The number of pyridine rings is 1. The maximum absolute atomic E-state index is 12.2. The van der Waals surface area contributed by atoms with Gasteiger partial charge in [-0.25, -0.2) is 4.98 Å². The molecule has 19 heavy (non-hydrogen) atoms. The van der Waals surface area contributed by atoms with Crippen LogP contribution in [0.15, 0.2) is 42.6 Å². The standard InChI is InChI=1S/C14H13BrN2O2/c1-19-14-12(6-3-7-16-14)13(18)17-11-5-2-4-10(8-11)9-15/h2-8H,9H2,1H3,(H,17,18). The number of nitrogens with zero attached hydrogens (tertiary/aromatic N) is 1. The summed E-state index contributed by atoms with van der Waals surface area (Å²) in [7, 11) is 1.49. The minimum absolute atomic E-state index is 0.239. The van der Waals surface area contributed by atoms with Crippen molar-refractivity contribution in [2.45, 2.75) is 5.33 Å². The summed E-state index contributed by atoms with van der Waals surface area (Å²) in [5.41, 5.74) is 2.25. The lowest BCUT2D eigenvalue weighted by atomic mass is 10.2. The van der Waals surface area contributed by atoms with Gasteiger partial charge in [-0.15, -0.1) is 0 Å². The Balaban J connectivity index is 2.20. The van der Waals surface area contributed by atoms with Crippen LogP contribution in [-0.4, -0.2) is 18.0 Å². The van der Waals surface area contributed by atoms with Crippen LogP contribution in [0.4, 0.5) is 5.69 Å². The van der Waals surface area contributed by atoms with Crippen molar-refractivity contribution in [3.63, 3.8) is 0 Å². The third kappa shape index (κ3) is 3.32. The number of rotatable bonds is 4. The summed E-state index contributed by atoms with van der Waals surface area (Å²) in [6, 6.07) is 11.0. The smallest absolute Gasteiger partial charge is 0.261 e. The predicted octanol–water partition coefficient (Wildman–Crippen LogP) is 3.24. The lowest BCUT2D eigenvalue weighted by Crippen LogP contribution is -2.13. The molecule has 0 unspecified atom stereocenters. The molecule has 0 aliphatic carbocycles. The third-order valence-electron chi connectivity index (χ3n) is 2.55. The summed E-state index contributed by atoms with van der Waals surface area (Å²) in [6.45, 7) is 0. The quantitative estimate of drug-likeness (QED) is 0.880. The van der Waals surface area contributed by atoms with Crippen LogP contribution in [0.3, 0.4) is 0 Å². The van der Waals surface area contributed by atoms with Crippen LogP contribution in [0.5, 0.6) is 5.88 Å². The molecule has 1 amide bonds. The number of carbonyl (C=O) groups is 1. The van der Waals surface area contributed by atoms with Gasteiger partial charge < -0.3 is 10.1 Å². The first-order valence-electron chi connectivity index (χ1n) is 5.70. The van der Waals surface area contributed by atoms with E-state index in [4.69, 9.17) is 4.74 Å². The van der Waals surface area contributed by atoms with Crippen molar-refractivity contribution in [2.24, 2.45) is 0 Å². The number of amides is 1. The normalized spacial score (nSPS) is 10.0. The van der Waals surface area contributed by atoms with E-state index in [1.807, 2.05) is 24.3 Å². The van der Waals surface area contributed by atoms with E-state index in [2.05, 4.69) is 26.2 Å². The van der Waals surface area contributed by atoms with Crippen LogP contribution in [-0.2, 0) is 5.33 Å². The monoisotopic (exact) mass is 320 g/mol. The SMILES string of the molecule is COc1ncccc1C(=O)Nc1cccc(CBr)c1. The van der Waals surface area contributed by atoms with Gasteiger partial charge in [-0.1, -0.05) is 28.1 Å². The van der Waals surface area contributed by atoms with Gasteiger partial charge in [0.05, 0.1) is 7.11 Å². The molecule has 0 aliphatic rings. The van der Waals surface area contributed by atoms with E-state index < -0.39 is 0 Å². The van der Waals surface area contributed by atoms with Crippen molar-refractivity contribution >= 4 is 27.5 Å². The Hall–Kier alpha value is -1.88. The first-order chi connectivity index (χ1) is 9.24. The molecule has 0 radical (unpaired) electrons. The van der Waals surface area contributed by atoms with Gasteiger partial charge in [0.1, 0.15) is 5.56 Å². The maximum Gasteiger partial charge on any atom is 0.261 e. The highest BCUT2D eigenvalue weighted by Crippen LogP contribution is 2.18. The van der Waals surface area contributed by atoms with Crippen LogP contribution < -0.4 is 10.1 Å². The fourth-order valence-electron chi connectivity index (χ4n) is 1.66. The van der Waals surface area contributed by atoms with Crippen molar-refractivity contribution in [3.8, 4) is 5.88 Å². The lowest BCUT2D eigenvalue weighted by molar-refractivity contribution is 0.102. The molecule has 0 aliphatic heterocycles. The number of alkyl halides is 1. The van der Waals surface area contributed by atoms with E-state index in [-0.39, 0.29) is 5.91 Å². The highest BCUT2D eigenvalue weighted by molar-refractivity contribution is 9.08. The maximum atomic E-state index is 12.2. The number of halogens is 1. The van der Waals surface area contributed by atoms with Crippen molar-refractivity contribution in [3.05, 3.63) is 53.7 Å². The molecule has 2 rings (SSSR count). The molecule has 0 atom stereocenters. The number of ether oxygens (including phenoxy) is 1. The molecule has 1 N–H and O–H groups in total. The lowest BCUT2D eigenvalue weighted by Gasteiger charge is -2.08. The molecule has 2 aromatic rings. The average Bonchev–Trinajstić information content (AvgIpc) is 2.47. The molecular weight excluding hydrogens is 308 g/mol. The van der Waals surface area contributed by atoms with Crippen LogP contribution in [0.1, 0.15) is 15.9 Å². The van der Waals surface area contributed by atoms with E-state index >= 15 is 0 Å². The summed E-state index contributed by atoms with van der Waals surface area (Å²) in [6.07, 6.45) is 1.58. The van der Waals surface area contributed by atoms with Gasteiger partial charge in [0.2, 0.25) is 5.88 Å². The van der Waals surface area contributed by atoms with Crippen LogP contribution in [0.25, 0.3) is 0 Å². The molecule has 0 saturated heterocycles. The second-order valence-electron chi connectivity index (χ2n) is 3.85. The average molecular weight is 321 g/mol. The zero-order chi connectivity index (χ0) is 13.7. The third-order valence-corrected chi connectivity index (χ3v) is 3.20. The van der Waals surface area contributed by atoms with Gasteiger partial charge >= 0.3 is 0 Å². The number of aromatic nitrogens is 1. The second-order valence-corrected chi connectivity index (χ2v) is 4.41. The van der Waals surface area contributed by atoms with Gasteiger partial charge in [-0.3, -0.25) is 4.79 Å². The molecule has 0 saturated carbocycles. The molecule has 4 nitrogen and oxygen atoms in total. The first kappa shape index (κ1) is 13.5. The van der Waals surface area contributed by atoms with Gasteiger partial charge in [0.15, 0.2) is 0 Å². The highest BCUT2D eigenvalue weighted by Gasteiger charge is 2.12. The largest absolute Gasteiger partial charge is 0.480 e. The first-order valence-corrected chi connectivity index (χ1v) is 6.82. The Kier molecular flexibility index (Phi) is 4.52. The van der Waals surface area contributed by atoms with Crippen LogP contribution in [0, 0.1) is 0 Å². The van der Waals surface area contributed by atoms with E-state index in [9.17, 15) is 4.79 Å². The van der Waals surface area contributed by atoms with Crippen molar-refractivity contribution in [2.75, 3.05) is 12.4 Å². The number of nitrogens with one attached hydrogen (secondary N) is 1. The van der Waals surface area contributed by atoms with Gasteiger partial charge in [-0.05, 0) is 29.8 Å². The van der Waals surface area contributed by atoms with Crippen molar-refractivity contribution < 1.29 is 9.53 Å². The zero-order valence-electron chi connectivity index (χ0n) is 10.4. The van der Waals surface area contributed by atoms with E-state index in [0.29, 0.717) is 11.4 Å². The van der Waals surface area contributed by atoms with Gasteiger partial charge in [0.25, 0.3) is 5.91 Å². The molecule has 1 aromatic carbocycles. The Bertz CT molecular complexity index is 587. The Morgan fingerprint density at radius 3 is 2.95 bits per heavy atom. The van der Waals surface area contributed by atoms with Crippen molar-refractivity contribution in [1.29, 1.82) is 0 Å². The zero-order valence-corrected chi connectivity index (χ0v) is 12.0. The molecule has 5 heteroatoms. The Morgan fingerprint density at radius 1 is 1.37 bits per heavy atom. The molecule has 0 bridgehead atoms. The minimum atomic E-state index is -0.239. The molecule has 1 heterocycles. The number of methoxy groups -OCH3 is 1. The second kappa shape index (κ2) is 6.33. The summed E-state index contributed by atoms with van der Waals surface area (Å²) in [4.78, 5) is 16.2. The fourth-order valence-corrected chi connectivity index (χ4v) is 2.01. The topological polar surface area (TPSA) is 51.2 Å². The van der Waals surface area contributed by atoms with Crippen LogP contribution in [0.2, 0.25) is 0 Å². The molecule has 0 fully saturated rings. The summed E-state index contributed by atoms with van der Waals surface area (Å²) >= 11 is 3.38. The molecule has 98 valence electrons. The Labute approximate surface area is 119 Å². The minimum Gasteiger partial charge on any atom is -0.480 e. The van der Waals surface area contributed by atoms with Crippen LogP contribution >= 0.6 is 15.9 Å². The highest BCUT2D eigenvalue weighted by atomic mass is 79.9. The number of carbonyl (C=O) groups excluding carboxylic acids is 1. The number of hydrogen-bond acceptors (Lipinski definition) is 3. The van der Waals surface area contributed by atoms with E-state index in [1.54, 1.807) is 18.3 Å². The Morgan fingerprint density at radius 2 is 2.21 bits per heavy atom. The summed E-state index contributed by atoms with van der Waals surface area (Å²) < 4.78 is 5.07. The van der Waals surface area contributed by atoms with Gasteiger partial charge in [0, 0.05) is 17.2 Å². The molecule has 1 aromatic heterocycles. The summed E-state index contributed by atoms with van der Waals surface area (Å²) in [5, 5.41) is 3.57. The number of anilines is 1. The fraction of sp³-hybridized carbons (Fsp3) is 0.143. The summed E-state index contributed by atoms with van der Waals surface area (Å²) in [5.74, 6) is 0.0771. The van der Waals surface area contributed by atoms with E-state index in [0.717, 1.165) is 16.6 Å². The van der Waals surface area contributed by atoms with Crippen molar-refractivity contribution in [1.82, 2.24) is 4.98 Å². The van der Waals surface area contributed by atoms with Gasteiger partial charge in [-0.2, -0.15) is 0 Å². The predicted molar refractivity (Wildman–Crippen MR) is 77.8 cm³/mol. The van der Waals surface area contributed by atoms with E-state index in [1.165, 1.54) is 7.11 Å². The number of hydrogen-bond donors (Lipinski definition) is 1.